The lowest BCUT2D eigenvalue weighted by Crippen LogP contribution is -2.45. The molecule has 294 valence electrons. The molecule has 8 rings (SSSR count). The van der Waals surface area contributed by atoms with E-state index in [-0.39, 0.29) is 17.4 Å². The predicted molar refractivity (Wildman–Crippen MR) is 240 cm³/mol. The number of amides is 2. The molecule has 10 heteroatoms. The number of rotatable bonds is 12. The first kappa shape index (κ1) is 39.4. The van der Waals surface area contributed by atoms with Gasteiger partial charge in [0.15, 0.2) is 11.5 Å². The number of nitriles is 1. The molecule has 0 saturated carbocycles. The normalized spacial score (nSPS) is 15.4. The number of nitrogens with zero attached hydrogens (tertiary/aromatic N) is 3. The number of ether oxygens (including phenoxy) is 2. The van der Waals surface area contributed by atoms with E-state index in [9.17, 15) is 14.9 Å². The molecule has 3 aromatic heterocycles. The highest BCUT2D eigenvalue weighted by molar-refractivity contribution is 7.32. The highest BCUT2D eigenvalue weighted by atomic mass is 32.1. The molecular weight excluding hydrogens is 779 g/mol. The van der Waals surface area contributed by atoms with Crippen molar-refractivity contribution in [2.75, 3.05) is 24.7 Å². The molecule has 0 aliphatic carbocycles. The first-order valence-electron chi connectivity index (χ1n) is 19.9. The third-order valence-electron chi connectivity index (χ3n) is 10.9. The molecule has 0 saturated heterocycles. The fourth-order valence-corrected chi connectivity index (χ4v) is 11.2. The number of unbranched alkanes of at least 4 members (excludes halogenated alkanes) is 1. The molecule has 7 nitrogen and oxygen atoms in total. The summed E-state index contributed by atoms with van der Waals surface area (Å²) in [6.45, 7) is 11.4. The number of aryl methyl sites for hydroxylation is 2. The van der Waals surface area contributed by atoms with Crippen molar-refractivity contribution in [3.05, 3.63) is 118 Å². The van der Waals surface area contributed by atoms with Crippen molar-refractivity contribution >= 4 is 78.4 Å². The van der Waals surface area contributed by atoms with Crippen LogP contribution in [0, 0.1) is 31.1 Å². The summed E-state index contributed by atoms with van der Waals surface area (Å²) in [5.74, 6) is 0.949. The predicted octanol–water partition coefficient (Wildman–Crippen LogP) is 13.0. The molecule has 5 heterocycles. The molecule has 0 spiro atoms. The van der Waals surface area contributed by atoms with Crippen LogP contribution < -0.4 is 14.4 Å². The molecule has 3 aromatic carbocycles. The van der Waals surface area contributed by atoms with Gasteiger partial charge in [-0.15, -0.1) is 34.0 Å². The lowest BCUT2D eigenvalue weighted by atomic mass is 9.92. The van der Waals surface area contributed by atoms with Crippen LogP contribution in [0.3, 0.4) is 0 Å². The Labute approximate surface area is 352 Å². The molecule has 0 fully saturated rings. The second-order valence-electron chi connectivity index (χ2n) is 15.0. The quantitative estimate of drug-likeness (QED) is 0.0903. The monoisotopic (exact) mass is 823 g/mol. The van der Waals surface area contributed by atoms with Gasteiger partial charge in [-0.25, -0.2) is 0 Å². The largest absolute Gasteiger partial charge is 0.485 e. The number of anilines is 3. The lowest BCUT2D eigenvalue weighted by Gasteiger charge is -2.30. The van der Waals surface area contributed by atoms with E-state index < -0.39 is 5.91 Å². The number of fused-ring (bicyclic) bond motifs is 2. The lowest BCUT2D eigenvalue weighted by molar-refractivity contribution is -0.141. The second kappa shape index (κ2) is 16.8. The summed E-state index contributed by atoms with van der Waals surface area (Å²) in [5, 5.41) is 9.96. The van der Waals surface area contributed by atoms with Gasteiger partial charge in [0.25, 0.3) is 11.8 Å². The minimum atomic E-state index is -0.485. The van der Waals surface area contributed by atoms with E-state index >= 15 is 0 Å². The molecule has 0 N–H and O–H groups in total. The van der Waals surface area contributed by atoms with E-state index in [1.807, 2.05) is 6.08 Å². The zero-order chi connectivity index (χ0) is 40.5. The van der Waals surface area contributed by atoms with Crippen molar-refractivity contribution in [2.24, 2.45) is 5.92 Å². The summed E-state index contributed by atoms with van der Waals surface area (Å²) in [5.41, 5.74) is 7.63. The van der Waals surface area contributed by atoms with Crippen LogP contribution in [0.1, 0.15) is 62.5 Å². The number of imide groups is 1. The number of hydrogen-bond donors (Lipinski definition) is 0. The summed E-state index contributed by atoms with van der Waals surface area (Å²) >= 11 is 4.95. The molecular formula is C48H45N3O4S3. The van der Waals surface area contributed by atoms with Crippen molar-refractivity contribution in [1.82, 2.24) is 4.90 Å². The highest BCUT2D eigenvalue weighted by Crippen LogP contribution is 2.56. The maximum absolute atomic E-state index is 13.9. The van der Waals surface area contributed by atoms with Gasteiger partial charge in [0.2, 0.25) is 0 Å². The van der Waals surface area contributed by atoms with Gasteiger partial charge in [0, 0.05) is 43.5 Å². The van der Waals surface area contributed by atoms with Crippen LogP contribution in [-0.4, -0.2) is 36.5 Å². The standard InChI is InChI=1S/C48H45N3O4S3/c1-6-8-9-32(7-2)28-50-47(52)38(31(5)39(27-49)48(50)53)24-37-25-40-41(56-37)26-42(57-40)46-44-43(54-22-23-55-44)45(58-46)33-14-20-36(21-15-33)51(34-16-10-29(3)11-17-34)35-18-12-30(4)13-19-35/h10-21,24-26,32H,6-9,22-23,28H2,1-5H3. The van der Waals surface area contributed by atoms with Crippen molar-refractivity contribution in [1.29, 1.82) is 5.26 Å². The fourth-order valence-electron chi connectivity index (χ4n) is 7.55. The number of hydrogen-bond acceptors (Lipinski definition) is 9. The Kier molecular flexibility index (Phi) is 11.4. The van der Waals surface area contributed by atoms with Crippen LogP contribution in [0.4, 0.5) is 17.1 Å². The minimum absolute atomic E-state index is 0.0434. The van der Waals surface area contributed by atoms with Crippen LogP contribution in [0.25, 0.3) is 35.7 Å². The Hall–Kier alpha value is -5.47. The molecule has 1 unspecified atom stereocenters. The summed E-state index contributed by atoms with van der Waals surface area (Å²) in [4.78, 5) is 34.8. The van der Waals surface area contributed by atoms with Crippen LogP contribution in [0.15, 0.2) is 102 Å². The number of carbonyl (C=O) groups is 2. The average molecular weight is 824 g/mol. The van der Waals surface area contributed by atoms with Gasteiger partial charge in [-0.05, 0) is 98.9 Å². The molecule has 2 aliphatic heterocycles. The average Bonchev–Trinajstić information content (AvgIpc) is 3.93. The van der Waals surface area contributed by atoms with Crippen LogP contribution in [0.2, 0.25) is 0 Å². The Morgan fingerprint density at radius 2 is 1.36 bits per heavy atom. The van der Waals surface area contributed by atoms with Gasteiger partial charge >= 0.3 is 0 Å². The van der Waals surface area contributed by atoms with Gasteiger partial charge in [-0.1, -0.05) is 80.6 Å². The van der Waals surface area contributed by atoms with E-state index in [1.54, 1.807) is 40.9 Å². The Morgan fingerprint density at radius 3 is 1.93 bits per heavy atom. The van der Waals surface area contributed by atoms with Crippen molar-refractivity contribution < 1.29 is 19.1 Å². The van der Waals surface area contributed by atoms with Gasteiger partial charge in [0.1, 0.15) is 24.9 Å². The van der Waals surface area contributed by atoms with Gasteiger partial charge < -0.3 is 14.4 Å². The number of benzene rings is 3. The van der Waals surface area contributed by atoms with Gasteiger partial charge in [-0.3, -0.25) is 14.5 Å². The highest BCUT2D eigenvalue weighted by Gasteiger charge is 2.36. The smallest absolute Gasteiger partial charge is 0.271 e. The third kappa shape index (κ3) is 7.62. The third-order valence-corrected chi connectivity index (χ3v) is 14.5. The van der Waals surface area contributed by atoms with E-state index in [1.165, 1.54) is 16.0 Å². The Morgan fingerprint density at radius 1 is 0.776 bits per heavy atom. The van der Waals surface area contributed by atoms with Crippen LogP contribution >= 0.6 is 34.0 Å². The SMILES string of the molecule is CCCCC(CC)CN1C(=O)C(=Cc2cc3sc(-c4sc(-c5ccc(N(c6ccc(C)cc6)c6ccc(C)cc6)cc5)c5c4OCCO5)cc3s2)C(C)=C(C#N)C1=O. The van der Waals surface area contributed by atoms with E-state index in [4.69, 9.17) is 9.47 Å². The van der Waals surface area contributed by atoms with E-state index in [2.05, 4.69) is 124 Å². The van der Waals surface area contributed by atoms with E-state index in [0.717, 1.165) is 88.7 Å². The Bertz CT molecular complexity index is 2530. The van der Waals surface area contributed by atoms with Crippen LogP contribution in [0.5, 0.6) is 11.5 Å². The number of thiophene rings is 3. The summed E-state index contributed by atoms with van der Waals surface area (Å²) < 4.78 is 14.8. The first-order valence-corrected chi connectivity index (χ1v) is 22.3. The zero-order valence-corrected chi connectivity index (χ0v) is 35.8. The fraction of sp³-hybridized carbons (Fsp3) is 0.271. The molecule has 2 amide bonds. The molecule has 2 aliphatic rings. The maximum Gasteiger partial charge on any atom is 0.271 e. The summed E-state index contributed by atoms with van der Waals surface area (Å²) in [6.07, 6.45) is 5.75. The van der Waals surface area contributed by atoms with Crippen molar-refractivity contribution in [3.8, 4) is 37.8 Å². The van der Waals surface area contributed by atoms with Gasteiger partial charge in [0.05, 0.1) is 14.6 Å². The van der Waals surface area contributed by atoms with Crippen molar-refractivity contribution in [2.45, 2.75) is 60.3 Å². The zero-order valence-electron chi connectivity index (χ0n) is 33.4. The summed E-state index contributed by atoms with van der Waals surface area (Å²) in [6, 6.07) is 32.2. The summed E-state index contributed by atoms with van der Waals surface area (Å²) in [7, 11) is 0. The minimum Gasteiger partial charge on any atom is -0.485 e. The molecule has 0 bridgehead atoms. The number of carbonyl (C=O) groups excluding carboxylic acids is 2. The van der Waals surface area contributed by atoms with Crippen molar-refractivity contribution in [3.63, 3.8) is 0 Å². The van der Waals surface area contributed by atoms with Crippen LogP contribution in [-0.2, 0) is 9.59 Å². The van der Waals surface area contributed by atoms with Gasteiger partial charge in [-0.2, -0.15) is 5.26 Å². The molecule has 0 radical (unpaired) electrons. The molecule has 6 aromatic rings. The maximum atomic E-state index is 13.9. The first-order chi connectivity index (χ1) is 28.2. The topological polar surface area (TPSA) is 82.9 Å². The second-order valence-corrected chi connectivity index (χ2v) is 18.2. The molecule has 58 heavy (non-hydrogen) atoms. The Balaban J connectivity index is 1.09. The van der Waals surface area contributed by atoms with E-state index in [0.29, 0.717) is 30.9 Å². The molecule has 1 atom stereocenters.